The maximum atomic E-state index is 14.0. The number of anilines is 2. The average molecular weight is 1040 g/mol. The topological polar surface area (TPSA) is 215 Å². The van der Waals surface area contributed by atoms with Crippen LogP contribution in [0.15, 0.2) is 65.5 Å². The van der Waals surface area contributed by atoms with Crippen molar-refractivity contribution in [2.24, 2.45) is 0 Å². The van der Waals surface area contributed by atoms with Crippen molar-refractivity contribution in [3.63, 3.8) is 0 Å². The van der Waals surface area contributed by atoms with E-state index in [2.05, 4.69) is 88.0 Å². The number of nitrogens with zero attached hydrogens (tertiary/aromatic N) is 6. The number of hydrogen-bond donors (Lipinski definition) is 6. The maximum Gasteiger partial charge on any atom is 0.259 e. The van der Waals surface area contributed by atoms with Crippen molar-refractivity contribution < 1.29 is 33.8 Å². The number of ether oxygens (including phenoxy) is 1. The zero-order valence-electron chi connectivity index (χ0n) is 44.6. The number of imide groups is 1. The number of amides is 5. The van der Waals surface area contributed by atoms with Crippen LogP contribution in [0.4, 0.5) is 11.4 Å². The fraction of sp³-hybridized carbons (Fsp3) is 0.509. The van der Waals surface area contributed by atoms with Crippen molar-refractivity contribution in [2.45, 2.75) is 84.8 Å². The van der Waals surface area contributed by atoms with Crippen LogP contribution in [0, 0.1) is 20.8 Å². The standard InChI is InChI=1S/C57H75N11O8/c1-5-67(43-15-29-76-30-16-43)49-33-42(32-45(39(49)4)53(71)60-34-46-37(2)31-38(3)61-54(46)72)41-11-9-40(10-12-41)35-65-25-27-66(28-26-65)36-51(70)59-18-20-64-23-21-63(22-24-64)19-17-58-47-8-6-7-44-52(47)57(75)68(56(44)74)48-13-14-50(69)62-55(48)73/h6-12,31-33,43,48,56,58,74H,5,13-30,34-36H2,1-4H3,(H,59,70)(H,60,71)(H,61,72)(H,62,69,73). The second kappa shape index (κ2) is 24.7. The van der Waals surface area contributed by atoms with E-state index in [4.69, 9.17) is 4.74 Å². The number of carbonyl (C=O) groups is 5. The van der Waals surface area contributed by atoms with Gasteiger partial charge in [0.05, 0.1) is 12.1 Å². The monoisotopic (exact) mass is 1040 g/mol. The van der Waals surface area contributed by atoms with E-state index in [9.17, 15) is 33.9 Å². The predicted octanol–water partition coefficient (Wildman–Crippen LogP) is 3.12. The zero-order chi connectivity index (χ0) is 53.5. The fourth-order valence-electron chi connectivity index (χ4n) is 11.6. The molecule has 0 saturated carbocycles. The van der Waals surface area contributed by atoms with Crippen molar-refractivity contribution >= 4 is 40.9 Å². The highest BCUT2D eigenvalue weighted by Crippen LogP contribution is 2.39. The van der Waals surface area contributed by atoms with Crippen LogP contribution in [0.25, 0.3) is 11.1 Å². The van der Waals surface area contributed by atoms with Crippen molar-refractivity contribution in [1.82, 2.24) is 45.4 Å². The Morgan fingerprint density at radius 1 is 0.789 bits per heavy atom. The Bertz CT molecular complexity index is 2820. The number of aromatic amines is 1. The number of fused-ring (bicyclic) bond motifs is 1. The number of carbonyl (C=O) groups excluding carboxylic acids is 5. The molecular weight excluding hydrogens is 967 g/mol. The number of benzene rings is 3. The van der Waals surface area contributed by atoms with Crippen molar-refractivity contribution in [3.05, 3.63) is 116 Å². The summed E-state index contributed by atoms with van der Waals surface area (Å²) in [5.41, 5.74) is 9.14. The number of aliphatic hydroxyl groups excluding tert-OH is 1. The Morgan fingerprint density at radius 2 is 1.47 bits per heavy atom. The predicted molar refractivity (Wildman–Crippen MR) is 291 cm³/mol. The summed E-state index contributed by atoms with van der Waals surface area (Å²) in [7, 11) is 0. The summed E-state index contributed by atoms with van der Waals surface area (Å²) in [5.74, 6) is -1.55. The summed E-state index contributed by atoms with van der Waals surface area (Å²) in [6, 6.07) is 19.4. The molecule has 0 spiro atoms. The average Bonchev–Trinajstić information content (AvgIpc) is 3.69. The third-order valence-electron chi connectivity index (χ3n) is 15.9. The van der Waals surface area contributed by atoms with Gasteiger partial charge in [-0.15, -0.1) is 0 Å². The molecule has 4 saturated heterocycles. The van der Waals surface area contributed by atoms with Gasteiger partial charge in [-0.25, -0.2) is 0 Å². The normalized spacial score (nSPS) is 20.1. The molecule has 76 heavy (non-hydrogen) atoms. The van der Waals surface area contributed by atoms with E-state index in [0.29, 0.717) is 66.8 Å². The van der Waals surface area contributed by atoms with E-state index in [1.165, 1.54) is 10.5 Å². The Labute approximate surface area is 445 Å². The van der Waals surface area contributed by atoms with Gasteiger partial charge in [-0.1, -0.05) is 36.4 Å². The lowest BCUT2D eigenvalue weighted by molar-refractivity contribution is -0.139. The number of rotatable bonds is 19. The number of hydrogen-bond acceptors (Lipinski definition) is 14. The van der Waals surface area contributed by atoms with Crippen molar-refractivity contribution in [2.75, 3.05) is 115 Å². The molecule has 0 aliphatic carbocycles. The first kappa shape index (κ1) is 54.3. The van der Waals surface area contributed by atoms with Gasteiger partial charge in [-0.05, 0) is 99.0 Å². The van der Waals surface area contributed by atoms with E-state index < -0.39 is 24.1 Å². The van der Waals surface area contributed by atoms with Gasteiger partial charge in [0, 0.05) is 158 Å². The van der Waals surface area contributed by atoms with Crippen LogP contribution in [-0.4, -0.2) is 181 Å². The van der Waals surface area contributed by atoms with Crippen LogP contribution >= 0.6 is 0 Å². The SMILES string of the molecule is CCN(c1cc(-c2ccc(CN3CCN(CC(=O)NCCN4CCN(CCNc5cccc6c5C(=O)N(C5CCC(=O)NC5=O)C6O)CC4)CC3)cc2)cc(C(=O)NCc2c(C)cc(C)[nH]c2=O)c1C)C1CCOCC1. The molecule has 5 aliphatic heterocycles. The number of pyridine rings is 1. The molecule has 0 radical (unpaired) electrons. The van der Waals surface area contributed by atoms with Gasteiger partial charge in [0.25, 0.3) is 17.4 Å². The molecule has 5 amide bonds. The molecule has 3 aromatic carbocycles. The van der Waals surface area contributed by atoms with Gasteiger partial charge in [-0.3, -0.25) is 58.6 Å². The minimum atomic E-state index is -1.26. The zero-order valence-corrected chi connectivity index (χ0v) is 44.6. The van der Waals surface area contributed by atoms with Gasteiger partial charge in [0.1, 0.15) is 6.04 Å². The Morgan fingerprint density at radius 3 is 2.16 bits per heavy atom. The lowest BCUT2D eigenvalue weighted by Crippen LogP contribution is -2.53. The summed E-state index contributed by atoms with van der Waals surface area (Å²) in [6.45, 7) is 21.0. The molecule has 6 N–H and O–H groups in total. The maximum absolute atomic E-state index is 14.0. The Kier molecular flexibility index (Phi) is 17.6. The quantitative estimate of drug-likeness (QED) is 0.0746. The number of H-pyrrole nitrogens is 1. The van der Waals surface area contributed by atoms with E-state index in [0.717, 1.165) is 125 Å². The highest BCUT2D eigenvalue weighted by atomic mass is 16.5. The van der Waals surface area contributed by atoms with Crippen LogP contribution in [-0.2, 0) is 32.2 Å². The first-order valence-electron chi connectivity index (χ1n) is 27.2. The molecule has 19 heteroatoms. The van der Waals surface area contributed by atoms with Crippen LogP contribution in [0.5, 0.6) is 0 Å². The van der Waals surface area contributed by atoms with Gasteiger partial charge >= 0.3 is 0 Å². The summed E-state index contributed by atoms with van der Waals surface area (Å²) in [5, 5.41) is 22.9. The number of aromatic nitrogens is 1. The van der Waals surface area contributed by atoms with Crippen molar-refractivity contribution in [3.8, 4) is 11.1 Å². The second-order valence-corrected chi connectivity index (χ2v) is 21.0. The molecule has 6 heterocycles. The lowest BCUT2D eigenvalue weighted by Gasteiger charge is -2.37. The molecule has 4 aromatic rings. The number of aliphatic hydroxyl groups is 1. The summed E-state index contributed by atoms with van der Waals surface area (Å²) >= 11 is 0. The number of piperidine rings is 1. The van der Waals surface area contributed by atoms with Crippen LogP contribution < -0.4 is 31.7 Å². The molecule has 4 fully saturated rings. The van der Waals surface area contributed by atoms with E-state index in [-0.39, 0.29) is 42.7 Å². The smallest absolute Gasteiger partial charge is 0.259 e. The third kappa shape index (κ3) is 12.7. The fourth-order valence-corrected chi connectivity index (χ4v) is 11.6. The number of nitrogens with one attached hydrogen (secondary N) is 5. The van der Waals surface area contributed by atoms with E-state index >= 15 is 0 Å². The molecule has 0 bridgehead atoms. The first-order valence-corrected chi connectivity index (χ1v) is 27.2. The summed E-state index contributed by atoms with van der Waals surface area (Å²) in [6.07, 6.45) is 0.872. The van der Waals surface area contributed by atoms with E-state index in [1.807, 2.05) is 39.0 Å². The molecular formula is C57H75N11O8. The lowest BCUT2D eigenvalue weighted by atomic mass is 9.94. The van der Waals surface area contributed by atoms with Crippen LogP contribution in [0.3, 0.4) is 0 Å². The molecule has 406 valence electrons. The van der Waals surface area contributed by atoms with Crippen LogP contribution in [0.1, 0.15) is 93.1 Å². The molecule has 2 atom stereocenters. The molecule has 9 rings (SSSR count). The highest BCUT2D eigenvalue weighted by molar-refractivity contribution is 6.08. The minimum Gasteiger partial charge on any atom is -0.383 e. The number of piperazine rings is 2. The minimum absolute atomic E-state index is 0.0405. The first-order chi connectivity index (χ1) is 36.7. The van der Waals surface area contributed by atoms with Gasteiger partial charge in [0.2, 0.25) is 17.7 Å². The third-order valence-corrected chi connectivity index (χ3v) is 15.9. The highest BCUT2D eigenvalue weighted by Gasteiger charge is 2.45. The van der Waals surface area contributed by atoms with Gasteiger partial charge in [-0.2, -0.15) is 0 Å². The summed E-state index contributed by atoms with van der Waals surface area (Å²) < 4.78 is 5.71. The molecule has 1 aromatic heterocycles. The molecule has 5 aliphatic rings. The van der Waals surface area contributed by atoms with Gasteiger partial charge < -0.3 is 35.7 Å². The van der Waals surface area contributed by atoms with Crippen LogP contribution in [0.2, 0.25) is 0 Å². The second-order valence-electron chi connectivity index (χ2n) is 21.0. The van der Waals surface area contributed by atoms with Gasteiger partial charge in [0.15, 0.2) is 6.23 Å². The molecule has 19 nitrogen and oxygen atoms in total. The van der Waals surface area contributed by atoms with E-state index in [1.54, 1.807) is 12.1 Å². The Hall–Kier alpha value is -6.48. The Balaban J connectivity index is 0.700. The number of aryl methyl sites for hydroxylation is 2. The molecule has 2 unspecified atom stereocenters. The largest absolute Gasteiger partial charge is 0.383 e. The van der Waals surface area contributed by atoms with Crippen molar-refractivity contribution in [1.29, 1.82) is 0 Å². The summed E-state index contributed by atoms with van der Waals surface area (Å²) in [4.78, 5) is 93.5.